The van der Waals surface area contributed by atoms with Crippen LogP contribution in [0.25, 0.3) is 0 Å². The van der Waals surface area contributed by atoms with E-state index in [0.29, 0.717) is 6.61 Å². The average Bonchev–Trinajstić information content (AvgIpc) is 2.47. The second-order valence-corrected chi connectivity index (χ2v) is 6.27. The predicted octanol–water partition coefficient (Wildman–Crippen LogP) is 3.52. The van der Waals surface area contributed by atoms with Crippen molar-refractivity contribution in [1.29, 1.82) is 0 Å². The average molecular weight is 294 g/mol. The number of methoxy groups -OCH3 is 1. The highest BCUT2D eigenvalue weighted by Gasteiger charge is 2.21. The van der Waals surface area contributed by atoms with Crippen LogP contribution in [0.3, 0.4) is 0 Å². The van der Waals surface area contributed by atoms with E-state index >= 15 is 0 Å². The lowest BCUT2D eigenvalue weighted by atomic mass is 9.86. The first-order chi connectivity index (χ1) is 10.0. The summed E-state index contributed by atoms with van der Waals surface area (Å²) >= 11 is 0. The van der Waals surface area contributed by atoms with Gasteiger partial charge in [0.25, 0.3) is 0 Å². The SMILES string of the molecule is COc1ccc(OCCC2OCCCO2)c(C(C)(C)C)c1. The third-order valence-corrected chi connectivity index (χ3v) is 3.50. The molecule has 21 heavy (non-hydrogen) atoms. The van der Waals surface area contributed by atoms with Gasteiger partial charge in [-0.05, 0) is 30.0 Å². The van der Waals surface area contributed by atoms with Gasteiger partial charge in [0.1, 0.15) is 11.5 Å². The Kier molecular flexibility index (Phi) is 5.48. The molecule has 1 heterocycles. The van der Waals surface area contributed by atoms with E-state index < -0.39 is 0 Å². The van der Waals surface area contributed by atoms with Crippen molar-refractivity contribution >= 4 is 0 Å². The van der Waals surface area contributed by atoms with Gasteiger partial charge in [0.15, 0.2) is 6.29 Å². The van der Waals surface area contributed by atoms with Crippen LogP contribution in [0.15, 0.2) is 18.2 Å². The van der Waals surface area contributed by atoms with E-state index in [1.807, 2.05) is 18.2 Å². The highest BCUT2D eigenvalue weighted by Crippen LogP contribution is 2.34. The van der Waals surface area contributed by atoms with Crippen LogP contribution in [0.5, 0.6) is 11.5 Å². The molecule has 1 aromatic rings. The number of rotatable bonds is 5. The lowest BCUT2D eigenvalue weighted by Crippen LogP contribution is -2.26. The summed E-state index contributed by atoms with van der Waals surface area (Å²) in [5.41, 5.74) is 1.15. The van der Waals surface area contributed by atoms with Gasteiger partial charge < -0.3 is 18.9 Å². The first-order valence-electron chi connectivity index (χ1n) is 7.55. The summed E-state index contributed by atoms with van der Waals surface area (Å²) in [4.78, 5) is 0. The molecule has 118 valence electrons. The van der Waals surface area contributed by atoms with E-state index in [0.717, 1.165) is 43.1 Å². The number of benzene rings is 1. The standard InChI is InChI=1S/C17H26O4/c1-17(2,3)14-12-13(18-4)6-7-15(14)19-11-8-16-20-9-5-10-21-16/h6-7,12,16H,5,8-11H2,1-4H3. The molecule has 0 unspecified atom stereocenters. The van der Waals surface area contributed by atoms with Gasteiger partial charge in [-0.2, -0.15) is 0 Å². The van der Waals surface area contributed by atoms with Crippen molar-refractivity contribution in [3.8, 4) is 11.5 Å². The quantitative estimate of drug-likeness (QED) is 0.832. The Hall–Kier alpha value is -1.26. The van der Waals surface area contributed by atoms with Crippen LogP contribution >= 0.6 is 0 Å². The maximum atomic E-state index is 5.95. The predicted molar refractivity (Wildman–Crippen MR) is 82.1 cm³/mol. The molecule has 2 rings (SSSR count). The van der Waals surface area contributed by atoms with Crippen LogP contribution < -0.4 is 9.47 Å². The molecule has 1 aromatic carbocycles. The summed E-state index contributed by atoms with van der Waals surface area (Å²) in [7, 11) is 1.68. The van der Waals surface area contributed by atoms with Crippen LogP contribution in [-0.4, -0.2) is 33.2 Å². The lowest BCUT2D eigenvalue weighted by molar-refractivity contribution is -0.183. The van der Waals surface area contributed by atoms with E-state index in [4.69, 9.17) is 18.9 Å². The van der Waals surface area contributed by atoms with Crippen molar-refractivity contribution in [3.63, 3.8) is 0 Å². The van der Waals surface area contributed by atoms with Crippen LogP contribution in [0.1, 0.15) is 39.2 Å². The van der Waals surface area contributed by atoms with Gasteiger partial charge in [-0.15, -0.1) is 0 Å². The Labute approximate surface area is 127 Å². The minimum absolute atomic E-state index is 0.00170. The topological polar surface area (TPSA) is 36.9 Å². The van der Waals surface area contributed by atoms with Gasteiger partial charge in [-0.1, -0.05) is 20.8 Å². The van der Waals surface area contributed by atoms with Gasteiger partial charge in [-0.3, -0.25) is 0 Å². The van der Waals surface area contributed by atoms with Crippen LogP contribution in [0, 0.1) is 0 Å². The Bertz CT molecular complexity index is 445. The molecular weight excluding hydrogens is 268 g/mol. The molecular formula is C17H26O4. The van der Waals surface area contributed by atoms with Gasteiger partial charge in [0.2, 0.25) is 0 Å². The fourth-order valence-electron chi connectivity index (χ4n) is 2.32. The maximum absolute atomic E-state index is 5.95. The van der Waals surface area contributed by atoms with Crippen molar-refractivity contribution in [3.05, 3.63) is 23.8 Å². The first-order valence-corrected chi connectivity index (χ1v) is 7.55. The molecule has 4 nitrogen and oxygen atoms in total. The molecule has 0 aromatic heterocycles. The molecule has 4 heteroatoms. The second-order valence-electron chi connectivity index (χ2n) is 6.27. The Balaban J connectivity index is 1.98. The fourth-order valence-corrected chi connectivity index (χ4v) is 2.32. The Morgan fingerprint density at radius 2 is 1.90 bits per heavy atom. The van der Waals surface area contributed by atoms with Crippen molar-refractivity contribution in [2.75, 3.05) is 26.9 Å². The van der Waals surface area contributed by atoms with Crippen molar-refractivity contribution < 1.29 is 18.9 Å². The van der Waals surface area contributed by atoms with Gasteiger partial charge in [-0.25, -0.2) is 0 Å². The molecule has 1 aliphatic heterocycles. The maximum Gasteiger partial charge on any atom is 0.160 e. The monoisotopic (exact) mass is 294 g/mol. The molecule has 0 spiro atoms. The van der Waals surface area contributed by atoms with Gasteiger partial charge in [0, 0.05) is 12.0 Å². The number of hydrogen-bond acceptors (Lipinski definition) is 4. The Morgan fingerprint density at radius 1 is 1.19 bits per heavy atom. The molecule has 0 N–H and O–H groups in total. The zero-order chi connectivity index (χ0) is 15.3. The van der Waals surface area contributed by atoms with Crippen LogP contribution in [-0.2, 0) is 14.9 Å². The summed E-state index contributed by atoms with van der Waals surface area (Å²) < 4.78 is 22.3. The molecule has 1 aliphatic rings. The third kappa shape index (κ3) is 4.61. The molecule has 0 saturated carbocycles. The zero-order valence-corrected chi connectivity index (χ0v) is 13.5. The summed E-state index contributed by atoms with van der Waals surface area (Å²) in [6.07, 6.45) is 1.59. The molecule has 0 aliphatic carbocycles. The van der Waals surface area contributed by atoms with Crippen molar-refractivity contribution in [1.82, 2.24) is 0 Å². The van der Waals surface area contributed by atoms with Gasteiger partial charge in [0.05, 0.1) is 26.9 Å². The number of ether oxygens (including phenoxy) is 4. The fraction of sp³-hybridized carbons (Fsp3) is 0.647. The molecule has 0 radical (unpaired) electrons. The summed E-state index contributed by atoms with van der Waals surface area (Å²) in [5, 5.41) is 0. The number of hydrogen-bond donors (Lipinski definition) is 0. The van der Waals surface area contributed by atoms with Crippen LogP contribution in [0.4, 0.5) is 0 Å². The molecule has 0 bridgehead atoms. The largest absolute Gasteiger partial charge is 0.497 e. The van der Waals surface area contributed by atoms with Gasteiger partial charge >= 0.3 is 0 Å². The zero-order valence-electron chi connectivity index (χ0n) is 13.5. The summed E-state index contributed by atoms with van der Waals surface area (Å²) in [6, 6.07) is 5.95. The molecule has 0 atom stereocenters. The molecule has 1 fully saturated rings. The normalized spacial score (nSPS) is 16.8. The lowest BCUT2D eigenvalue weighted by Gasteiger charge is -2.25. The van der Waals surface area contributed by atoms with E-state index in [-0.39, 0.29) is 11.7 Å². The van der Waals surface area contributed by atoms with Crippen molar-refractivity contribution in [2.45, 2.75) is 45.3 Å². The minimum Gasteiger partial charge on any atom is -0.497 e. The highest BCUT2D eigenvalue weighted by atomic mass is 16.7. The van der Waals surface area contributed by atoms with E-state index in [2.05, 4.69) is 20.8 Å². The third-order valence-electron chi connectivity index (χ3n) is 3.50. The Morgan fingerprint density at radius 3 is 2.52 bits per heavy atom. The van der Waals surface area contributed by atoms with Crippen molar-refractivity contribution in [2.24, 2.45) is 0 Å². The van der Waals surface area contributed by atoms with E-state index in [1.165, 1.54) is 0 Å². The van der Waals surface area contributed by atoms with Crippen LogP contribution in [0.2, 0.25) is 0 Å². The molecule has 0 amide bonds. The second kappa shape index (κ2) is 7.14. The highest BCUT2D eigenvalue weighted by molar-refractivity contribution is 5.44. The summed E-state index contributed by atoms with van der Waals surface area (Å²) in [6.45, 7) is 8.65. The molecule has 1 saturated heterocycles. The van der Waals surface area contributed by atoms with E-state index in [1.54, 1.807) is 7.11 Å². The summed E-state index contributed by atoms with van der Waals surface area (Å²) in [5.74, 6) is 1.75. The smallest absolute Gasteiger partial charge is 0.160 e. The first kappa shape index (κ1) is 16.1. The van der Waals surface area contributed by atoms with E-state index in [9.17, 15) is 0 Å². The minimum atomic E-state index is -0.130.